The highest BCUT2D eigenvalue weighted by molar-refractivity contribution is 5.06. The third kappa shape index (κ3) is 1.44. The van der Waals surface area contributed by atoms with Gasteiger partial charge in [-0.15, -0.1) is 6.58 Å². The molecule has 0 N–H and O–H groups in total. The molecule has 0 atom stereocenters. The van der Waals surface area contributed by atoms with E-state index in [0.29, 0.717) is 5.54 Å². The zero-order valence-corrected chi connectivity index (χ0v) is 9.52. The molecule has 0 aromatic rings. The second-order valence-electron chi connectivity index (χ2n) is 5.30. The summed E-state index contributed by atoms with van der Waals surface area (Å²) in [5.74, 6) is 0. The minimum absolute atomic E-state index is 0.350. The van der Waals surface area contributed by atoms with Gasteiger partial charge in [0.25, 0.3) is 0 Å². The van der Waals surface area contributed by atoms with Gasteiger partial charge in [-0.2, -0.15) is 0 Å². The summed E-state index contributed by atoms with van der Waals surface area (Å²) < 4.78 is 0. The molecule has 0 unspecified atom stereocenters. The van der Waals surface area contributed by atoms with Gasteiger partial charge >= 0.3 is 0 Å². The molecule has 4 aliphatic rings. The molecule has 0 spiro atoms. The fourth-order valence-corrected chi connectivity index (χ4v) is 3.43. The topological polar surface area (TPSA) is 13.0 Å². The van der Waals surface area contributed by atoms with E-state index in [4.69, 9.17) is 0 Å². The first-order chi connectivity index (χ1) is 7.22. The van der Waals surface area contributed by atoms with Crippen molar-refractivity contribution in [2.75, 3.05) is 53.2 Å². The van der Waals surface area contributed by atoms with Gasteiger partial charge in [-0.1, -0.05) is 6.08 Å². The van der Waals surface area contributed by atoms with Crippen LogP contribution in [0.15, 0.2) is 12.7 Å². The van der Waals surface area contributed by atoms with Crippen LogP contribution >= 0.6 is 0 Å². The zero-order valence-electron chi connectivity index (χ0n) is 9.52. The van der Waals surface area contributed by atoms with Crippen LogP contribution in [0.4, 0.5) is 0 Å². The number of nitrogens with zero attached hydrogens (tertiary/aromatic N) is 4. The molecule has 4 bridgehead atoms. The summed E-state index contributed by atoms with van der Waals surface area (Å²) in [7, 11) is 2.23. The van der Waals surface area contributed by atoms with Crippen LogP contribution in [0.1, 0.15) is 0 Å². The van der Waals surface area contributed by atoms with Crippen LogP contribution in [0, 0.1) is 0 Å². The first-order valence-corrected chi connectivity index (χ1v) is 5.71. The molecule has 4 fully saturated rings. The SMILES string of the molecule is C=CCN(C)C12CN3CN(CN(C3)C1)C2. The number of hydrogen-bond acceptors (Lipinski definition) is 4. The van der Waals surface area contributed by atoms with Crippen molar-refractivity contribution in [1.29, 1.82) is 0 Å². The second-order valence-corrected chi connectivity index (χ2v) is 5.30. The number of likely N-dealkylation sites (N-methyl/N-ethyl adjacent to an activating group) is 1. The summed E-state index contributed by atoms with van der Waals surface area (Å²) in [6, 6.07) is 0. The molecule has 4 nitrogen and oxygen atoms in total. The fraction of sp³-hybridized carbons (Fsp3) is 0.818. The van der Waals surface area contributed by atoms with Gasteiger partial charge in [-0.05, 0) is 7.05 Å². The normalized spacial score (nSPS) is 47.5. The lowest BCUT2D eigenvalue weighted by Crippen LogP contribution is -2.79. The van der Waals surface area contributed by atoms with Crippen molar-refractivity contribution in [2.24, 2.45) is 0 Å². The Bertz CT molecular complexity index is 240. The van der Waals surface area contributed by atoms with Crippen LogP contribution in [-0.2, 0) is 0 Å². The molecule has 0 aromatic heterocycles. The Morgan fingerprint density at radius 3 is 2.00 bits per heavy atom. The lowest BCUT2D eigenvalue weighted by atomic mass is 9.89. The Kier molecular flexibility index (Phi) is 2.14. The van der Waals surface area contributed by atoms with Crippen molar-refractivity contribution in [1.82, 2.24) is 19.6 Å². The zero-order chi connectivity index (χ0) is 10.5. The maximum Gasteiger partial charge on any atom is 0.0594 e. The highest BCUT2D eigenvalue weighted by atomic mass is 15.6. The van der Waals surface area contributed by atoms with E-state index >= 15 is 0 Å². The van der Waals surface area contributed by atoms with E-state index in [9.17, 15) is 0 Å². The summed E-state index contributed by atoms with van der Waals surface area (Å²) in [5.41, 5.74) is 0.350. The minimum Gasteiger partial charge on any atom is -0.293 e. The smallest absolute Gasteiger partial charge is 0.0594 e. The van der Waals surface area contributed by atoms with Gasteiger partial charge in [-0.3, -0.25) is 19.6 Å². The van der Waals surface area contributed by atoms with Crippen molar-refractivity contribution in [2.45, 2.75) is 5.54 Å². The van der Waals surface area contributed by atoms with Gasteiger partial charge in [-0.25, -0.2) is 0 Å². The first-order valence-electron chi connectivity index (χ1n) is 5.71. The monoisotopic (exact) mass is 208 g/mol. The molecule has 4 heterocycles. The van der Waals surface area contributed by atoms with E-state index in [1.165, 1.54) is 39.6 Å². The number of hydrogen-bond donors (Lipinski definition) is 0. The van der Waals surface area contributed by atoms with Gasteiger partial charge in [0.1, 0.15) is 0 Å². The van der Waals surface area contributed by atoms with E-state index in [1.54, 1.807) is 0 Å². The molecule has 4 rings (SSSR count). The van der Waals surface area contributed by atoms with E-state index < -0.39 is 0 Å². The lowest BCUT2D eigenvalue weighted by Gasteiger charge is -2.63. The Balaban J connectivity index is 1.83. The molecular weight excluding hydrogens is 188 g/mol. The average molecular weight is 208 g/mol. The quantitative estimate of drug-likeness (QED) is 0.588. The highest BCUT2D eigenvalue weighted by Gasteiger charge is 2.50. The van der Waals surface area contributed by atoms with Gasteiger partial charge in [0, 0.05) is 26.2 Å². The molecule has 0 amide bonds. The van der Waals surface area contributed by atoms with E-state index in [2.05, 4.69) is 33.2 Å². The summed E-state index contributed by atoms with van der Waals surface area (Å²) in [5, 5.41) is 0. The van der Waals surface area contributed by atoms with Crippen LogP contribution in [0.5, 0.6) is 0 Å². The Labute approximate surface area is 91.7 Å². The maximum absolute atomic E-state index is 3.85. The molecular formula is C11H20N4. The van der Waals surface area contributed by atoms with Crippen molar-refractivity contribution in [3.63, 3.8) is 0 Å². The molecule has 4 aliphatic heterocycles. The fourth-order valence-electron chi connectivity index (χ4n) is 3.43. The maximum atomic E-state index is 3.85. The van der Waals surface area contributed by atoms with Gasteiger partial charge in [0.2, 0.25) is 0 Å². The predicted molar refractivity (Wildman–Crippen MR) is 60.3 cm³/mol. The van der Waals surface area contributed by atoms with Crippen LogP contribution in [0.2, 0.25) is 0 Å². The van der Waals surface area contributed by atoms with Crippen LogP contribution in [0.3, 0.4) is 0 Å². The third-order valence-electron chi connectivity index (χ3n) is 3.97. The van der Waals surface area contributed by atoms with Gasteiger partial charge in [0.15, 0.2) is 0 Å². The summed E-state index contributed by atoms with van der Waals surface area (Å²) >= 11 is 0. The van der Waals surface area contributed by atoms with Gasteiger partial charge in [0.05, 0.1) is 25.5 Å². The summed E-state index contributed by atoms with van der Waals surface area (Å²) in [4.78, 5) is 10.1. The van der Waals surface area contributed by atoms with Crippen molar-refractivity contribution in [3.05, 3.63) is 12.7 Å². The highest BCUT2D eigenvalue weighted by Crippen LogP contribution is 2.32. The first kappa shape index (κ1) is 9.78. The summed E-state index contributed by atoms with van der Waals surface area (Å²) in [6.45, 7) is 12.0. The van der Waals surface area contributed by atoms with Gasteiger partial charge < -0.3 is 0 Å². The molecule has 0 aromatic carbocycles. The molecule has 15 heavy (non-hydrogen) atoms. The Morgan fingerprint density at radius 1 is 1.13 bits per heavy atom. The van der Waals surface area contributed by atoms with Crippen LogP contribution in [-0.4, -0.2) is 78.4 Å². The Morgan fingerprint density at radius 2 is 1.60 bits per heavy atom. The minimum atomic E-state index is 0.350. The lowest BCUT2D eigenvalue weighted by molar-refractivity contribution is -0.177. The Hall–Kier alpha value is -0.420. The van der Waals surface area contributed by atoms with E-state index in [-0.39, 0.29) is 0 Å². The second kappa shape index (κ2) is 3.28. The molecule has 0 saturated carbocycles. The van der Waals surface area contributed by atoms with Crippen molar-refractivity contribution in [3.8, 4) is 0 Å². The standard InChI is InChI=1S/C11H20N4/c1-3-4-12(2)11-5-13-8-14(6-11)10-15(7-11)9-13/h3H,1,4-10H2,2H3. The average Bonchev–Trinajstić information content (AvgIpc) is 2.15. The molecule has 0 aliphatic carbocycles. The third-order valence-corrected chi connectivity index (χ3v) is 3.97. The molecule has 84 valence electrons. The number of rotatable bonds is 3. The molecule has 4 heteroatoms. The summed E-state index contributed by atoms with van der Waals surface area (Å²) in [6.07, 6.45) is 2.01. The largest absolute Gasteiger partial charge is 0.293 e. The predicted octanol–water partition coefficient (Wildman–Crippen LogP) is -0.338. The van der Waals surface area contributed by atoms with E-state index in [0.717, 1.165) is 6.54 Å². The van der Waals surface area contributed by atoms with Crippen molar-refractivity contribution < 1.29 is 0 Å². The van der Waals surface area contributed by atoms with Crippen molar-refractivity contribution >= 4 is 0 Å². The van der Waals surface area contributed by atoms with E-state index in [1.807, 2.05) is 6.08 Å². The molecule has 4 saturated heterocycles. The van der Waals surface area contributed by atoms with Crippen LogP contribution in [0.25, 0.3) is 0 Å². The van der Waals surface area contributed by atoms with Crippen LogP contribution < -0.4 is 0 Å². The molecule has 0 radical (unpaired) electrons.